The molecular weight excluding hydrogens is 660 g/mol. The third kappa shape index (κ3) is 6.42. The fourth-order valence-electron chi connectivity index (χ4n) is 11.4. The zero-order valence-electron chi connectivity index (χ0n) is 32.0. The molecule has 0 bridgehead atoms. The van der Waals surface area contributed by atoms with E-state index in [-0.39, 0.29) is 59.0 Å². The minimum atomic E-state index is -0.728. The number of phenols is 2. The Kier molecular flexibility index (Phi) is 10.2. The van der Waals surface area contributed by atoms with Gasteiger partial charge >= 0.3 is 11.9 Å². The van der Waals surface area contributed by atoms with E-state index >= 15 is 0 Å². The number of phenolic OH excluding ortho intramolecular Hbond substituents is 2. The fraction of sp³-hybridized carbons (Fsp3) is 0.667. The van der Waals surface area contributed by atoms with E-state index in [0.29, 0.717) is 46.6 Å². The largest absolute Gasteiger partial charge is 0.504 e. The van der Waals surface area contributed by atoms with Gasteiger partial charge in [0.25, 0.3) is 0 Å². The molecule has 10 atom stereocenters. The molecule has 3 aliphatic carbocycles. The van der Waals surface area contributed by atoms with Gasteiger partial charge in [-0.1, -0.05) is 39.8 Å². The molecule has 2 saturated heterocycles. The lowest BCUT2D eigenvalue weighted by atomic mass is 9.52. The van der Waals surface area contributed by atoms with E-state index in [2.05, 4.69) is 51.6 Å². The predicted octanol–water partition coefficient (Wildman–Crippen LogP) is 5.76. The van der Waals surface area contributed by atoms with E-state index in [1.807, 2.05) is 0 Å². The minimum absolute atomic E-state index is 0.0217. The summed E-state index contributed by atoms with van der Waals surface area (Å²) < 4.78 is 24.1. The number of ether oxygens (including phenoxy) is 4. The molecule has 7 rings (SSSR count). The zero-order valence-corrected chi connectivity index (χ0v) is 32.0. The molecule has 52 heavy (non-hydrogen) atoms. The minimum Gasteiger partial charge on any atom is -0.504 e. The quantitative estimate of drug-likeness (QED) is 0.327. The molecule has 5 fully saturated rings. The van der Waals surface area contributed by atoms with Gasteiger partial charge in [0.1, 0.15) is 12.2 Å². The van der Waals surface area contributed by atoms with E-state index < -0.39 is 23.7 Å². The lowest BCUT2D eigenvalue weighted by molar-refractivity contribution is -0.175. The standard InChI is InChI=1S/C42H58N2O8/c1-21-17-43(5)19-29-23(3)33(15-27(21)29)51-41(47)39-37(25-9-11-31(45)35(13-25)49-7)40(38(39)26-10-12-32(46)36(14-26)50-8)42(48)52-34-16-28-22(2)18-44(6)20-30(28)24(34)4/h9-14,21-24,27-30,33-34,37-40,45-46H,15-20H2,1-8H3/t21-,22-,23-,24-,27-,28-,29-,30-,33+,34+,37-,38-,39-,40-/m0/s1. The molecule has 0 unspecified atom stereocenters. The first-order valence-electron chi connectivity index (χ1n) is 19.3. The summed E-state index contributed by atoms with van der Waals surface area (Å²) in [7, 11) is 7.31. The predicted molar refractivity (Wildman–Crippen MR) is 196 cm³/mol. The van der Waals surface area contributed by atoms with Crippen molar-refractivity contribution in [2.45, 2.75) is 64.6 Å². The summed E-state index contributed by atoms with van der Waals surface area (Å²) in [5.74, 6) is 0.474. The third-order valence-corrected chi connectivity index (χ3v) is 14.1. The van der Waals surface area contributed by atoms with Crippen LogP contribution in [-0.2, 0) is 19.1 Å². The Morgan fingerprint density at radius 2 is 1.00 bits per heavy atom. The number of hydrogen-bond acceptors (Lipinski definition) is 10. The number of rotatable bonds is 8. The van der Waals surface area contributed by atoms with Crippen LogP contribution in [0.15, 0.2) is 36.4 Å². The number of likely N-dealkylation sites (tertiary alicyclic amines) is 2. The lowest BCUT2D eigenvalue weighted by Gasteiger charge is -2.50. The van der Waals surface area contributed by atoms with E-state index in [4.69, 9.17) is 18.9 Å². The molecule has 10 nitrogen and oxygen atoms in total. The topological polar surface area (TPSA) is 118 Å². The van der Waals surface area contributed by atoms with Crippen LogP contribution in [0.1, 0.15) is 63.5 Å². The number of carbonyl (C=O) groups is 2. The first kappa shape index (κ1) is 36.8. The summed E-state index contributed by atoms with van der Waals surface area (Å²) in [6, 6.07) is 10.1. The summed E-state index contributed by atoms with van der Waals surface area (Å²) in [4.78, 5) is 34.3. The molecule has 2 N–H and O–H groups in total. The Morgan fingerprint density at radius 1 is 0.615 bits per heavy atom. The molecule has 0 aromatic heterocycles. The van der Waals surface area contributed by atoms with Crippen LogP contribution in [-0.4, -0.2) is 98.7 Å². The number of esters is 2. The smallest absolute Gasteiger partial charge is 0.310 e. The maximum atomic E-state index is 14.7. The van der Waals surface area contributed by atoms with Crippen molar-refractivity contribution >= 4 is 11.9 Å². The lowest BCUT2D eigenvalue weighted by Crippen LogP contribution is -2.53. The van der Waals surface area contributed by atoms with Gasteiger partial charge in [-0.25, -0.2) is 0 Å². The Hall–Kier alpha value is -3.50. The first-order valence-corrected chi connectivity index (χ1v) is 19.3. The summed E-state index contributed by atoms with van der Waals surface area (Å²) in [5, 5.41) is 21.1. The van der Waals surface area contributed by atoms with Crippen molar-refractivity contribution in [1.29, 1.82) is 0 Å². The summed E-state index contributed by atoms with van der Waals surface area (Å²) in [5.41, 5.74) is 1.40. The van der Waals surface area contributed by atoms with Crippen molar-refractivity contribution in [3.8, 4) is 23.0 Å². The van der Waals surface area contributed by atoms with Crippen molar-refractivity contribution < 1.29 is 38.7 Å². The highest BCUT2D eigenvalue weighted by Crippen LogP contribution is 2.60. The highest BCUT2D eigenvalue weighted by molar-refractivity contribution is 5.86. The average Bonchev–Trinajstić information content (AvgIpc) is 3.57. The van der Waals surface area contributed by atoms with Crippen molar-refractivity contribution in [2.75, 3.05) is 54.5 Å². The van der Waals surface area contributed by atoms with Gasteiger partial charge in [-0.05, 0) is 110 Å². The SMILES string of the molecule is COc1cc([C@H]2[C@H](C(=O)O[C@@H]3C[C@@H]4[C@@H](CN(C)C[C@@H]4C)[C@@H]3C)[C@H](c3ccc(O)c(OC)c3)[C@H]2C(=O)O[C@@H]2C[C@@H]3[C@@H](CN(C)C[C@@H]3C)[C@@H]2C)ccc1O. The van der Waals surface area contributed by atoms with Crippen LogP contribution in [0.2, 0.25) is 0 Å². The van der Waals surface area contributed by atoms with Gasteiger partial charge in [-0.3, -0.25) is 9.59 Å². The first-order chi connectivity index (χ1) is 24.8. The van der Waals surface area contributed by atoms with Crippen LogP contribution in [0.3, 0.4) is 0 Å². The molecule has 2 heterocycles. The van der Waals surface area contributed by atoms with Gasteiger partial charge in [0.05, 0.1) is 26.1 Å². The molecule has 2 aromatic carbocycles. The molecule has 2 aliphatic heterocycles. The maximum absolute atomic E-state index is 14.7. The molecular formula is C42H58N2O8. The highest BCUT2D eigenvalue weighted by atomic mass is 16.6. The molecule has 10 heteroatoms. The van der Waals surface area contributed by atoms with E-state index in [1.54, 1.807) is 36.4 Å². The normalized spacial score (nSPS) is 38.8. The van der Waals surface area contributed by atoms with Gasteiger partial charge in [-0.2, -0.15) is 0 Å². The van der Waals surface area contributed by atoms with Crippen molar-refractivity contribution in [3.63, 3.8) is 0 Å². The van der Waals surface area contributed by atoms with Crippen molar-refractivity contribution in [3.05, 3.63) is 47.5 Å². The number of methoxy groups -OCH3 is 2. The second-order valence-corrected chi connectivity index (χ2v) is 17.2. The fourth-order valence-corrected chi connectivity index (χ4v) is 11.4. The van der Waals surface area contributed by atoms with Gasteiger partial charge < -0.3 is 39.0 Å². The molecule has 5 aliphatic rings. The Morgan fingerprint density at radius 3 is 1.37 bits per heavy atom. The third-order valence-electron chi connectivity index (χ3n) is 14.1. The summed E-state index contributed by atoms with van der Waals surface area (Å²) in [6.07, 6.45) is 1.20. The number of carbonyl (C=O) groups excluding carboxylic acids is 2. The molecule has 0 spiro atoms. The summed E-state index contributed by atoms with van der Waals surface area (Å²) in [6.45, 7) is 13.1. The molecule has 2 aromatic rings. The van der Waals surface area contributed by atoms with Crippen LogP contribution >= 0.6 is 0 Å². The number of piperidine rings is 2. The molecule has 0 radical (unpaired) electrons. The number of fused-ring (bicyclic) bond motifs is 2. The van der Waals surface area contributed by atoms with Crippen LogP contribution in [0.5, 0.6) is 23.0 Å². The second kappa shape index (κ2) is 14.4. The van der Waals surface area contributed by atoms with E-state index in [0.717, 1.165) is 39.0 Å². The van der Waals surface area contributed by atoms with E-state index in [9.17, 15) is 19.8 Å². The van der Waals surface area contributed by atoms with Gasteiger partial charge in [0.2, 0.25) is 0 Å². The Labute approximate surface area is 308 Å². The summed E-state index contributed by atoms with van der Waals surface area (Å²) >= 11 is 0. The zero-order chi connectivity index (χ0) is 37.2. The molecule has 0 amide bonds. The van der Waals surface area contributed by atoms with Crippen LogP contribution < -0.4 is 9.47 Å². The van der Waals surface area contributed by atoms with Crippen LogP contribution in [0.25, 0.3) is 0 Å². The Balaban J connectivity index is 1.24. The van der Waals surface area contributed by atoms with Gasteiger partial charge in [0.15, 0.2) is 23.0 Å². The molecule has 284 valence electrons. The number of benzene rings is 2. The monoisotopic (exact) mass is 718 g/mol. The van der Waals surface area contributed by atoms with Crippen molar-refractivity contribution in [2.24, 2.45) is 59.2 Å². The van der Waals surface area contributed by atoms with Crippen molar-refractivity contribution in [1.82, 2.24) is 9.80 Å². The van der Waals surface area contributed by atoms with E-state index in [1.165, 1.54) is 14.2 Å². The number of aromatic hydroxyl groups is 2. The van der Waals surface area contributed by atoms with Crippen LogP contribution in [0.4, 0.5) is 0 Å². The number of hydrogen-bond donors (Lipinski definition) is 2. The second-order valence-electron chi connectivity index (χ2n) is 17.2. The number of nitrogens with zero attached hydrogens (tertiary/aromatic N) is 2. The average molecular weight is 719 g/mol. The maximum Gasteiger partial charge on any atom is 0.310 e. The molecule has 3 saturated carbocycles. The van der Waals surface area contributed by atoms with Gasteiger partial charge in [0, 0.05) is 38.0 Å². The van der Waals surface area contributed by atoms with Crippen LogP contribution in [0, 0.1) is 59.2 Å². The Bertz CT molecular complexity index is 1520. The van der Waals surface area contributed by atoms with Gasteiger partial charge in [-0.15, -0.1) is 0 Å². The highest BCUT2D eigenvalue weighted by Gasteiger charge is 2.61.